The maximum atomic E-state index is 10.7. The van der Waals surface area contributed by atoms with E-state index in [0.717, 1.165) is 12.8 Å². The predicted octanol–water partition coefficient (Wildman–Crippen LogP) is 6.86. The van der Waals surface area contributed by atoms with Gasteiger partial charge < -0.3 is 4.74 Å². The Balaban J connectivity index is 3.21. The summed E-state index contributed by atoms with van der Waals surface area (Å²) in [6.07, 6.45) is 21.3. The van der Waals surface area contributed by atoms with Crippen molar-refractivity contribution in [2.24, 2.45) is 0 Å². The van der Waals surface area contributed by atoms with Gasteiger partial charge in [0.15, 0.2) is 0 Å². The molecule has 0 amide bonds. The molecule has 0 radical (unpaired) electrons. The van der Waals surface area contributed by atoms with E-state index in [0.29, 0.717) is 13.0 Å². The van der Waals surface area contributed by atoms with Gasteiger partial charge in [-0.15, -0.1) is 0 Å². The summed E-state index contributed by atoms with van der Waals surface area (Å²) in [5, 5.41) is 0. The molecular weight excluding hydrogens is 376 g/mol. The highest BCUT2D eigenvalue weighted by Gasteiger charge is 2.15. The molecule has 0 spiro atoms. The van der Waals surface area contributed by atoms with Crippen molar-refractivity contribution in [1.82, 2.24) is 0 Å². The van der Waals surface area contributed by atoms with Crippen molar-refractivity contribution in [3.8, 4) is 0 Å². The second-order valence-electron chi connectivity index (χ2n) is 7.93. The third kappa shape index (κ3) is 22.1. The van der Waals surface area contributed by atoms with Gasteiger partial charge in [-0.3, -0.25) is 4.55 Å². The molecule has 1 N–H and O–H groups in total. The molecule has 0 fully saturated rings. The number of hydrogen-bond acceptors (Lipinski definition) is 4. The van der Waals surface area contributed by atoms with Gasteiger partial charge in [0, 0.05) is 6.61 Å². The molecule has 6 heteroatoms. The van der Waals surface area contributed by atoms with E-state index in [4.69, 9.17) is 9.29 Å². The zero-order chi connectivity index (χ0) is 20.9. The Morgan fingerprint density at radius 3 is 1.43 bits per heavy atom. The first-order chi connectivity index (χ1) is 13.5. The molecule has 1 unspecified atom stereocenters. The normalized spacial score (nSPS) is 13.1. The predicted molar refractivity (Wildman–Crippen MR) is 117 cm³/mol. The SMILES string of the molecule is CCCCCCCCCCCCCCCCCCOCC(CC)OS(=O)(=O)O. The second kappa shape index (κ2) is 20.1. The van der Waals surface area contributed by atoms with Gasteiger partial charge in [-0.25, -0.2) is 4.18 Å². The van der Waals surface area contributed by atoms with Crippen molar-refractivity contribution in [3.63, 3.8) is 0 Å². The first-order valence-corrected chi connectivity index (χ1v) is 13.1. The van der Waals surface area contributed by atoms with E-state index in [1.54, 1.807) is 6.92 Å². The minimum atomic E-state index is -4.39. The molecule has 0 saturated carbocycles. The Labute approximate surface area is 174 Å². The first-order valence-electron chi connectivity index (χ1n) is 11.7. The second-order valence-corrected chi connectivity index (χ2v) is 8.98. The van der Waals surface area contributed by atoms with E-state index in [9.17, 15) is 8.42 Å². The summed E-state index contributed by atoms with van der Waals surface area (Å²) in [6, 6.07) is 0. The summed E-state index contributed by atoms with van der Waals surface area (Å²) < 4.78 is 40.0. The van der Waals surface area contributed by atoms with Crippen molar-refractivity contribution >= 4 is 10.4 Å². The molecule has 28 heavy (non-hydrogen) atoms. The summed E-state index contributed by atoms with van der Waals surface area (Å²) in [6.45, 7) is 4.89. The van der Waals surface area contributed by atoms with Crippen LogP contribution in [0.25, 0.3) is 0 Å². The highest BCUT2D eigenvalue weighted by molar-refractivity contribution is 7.80. The fourth-order valence-electron chi connectivity index (χ4n) is 3.35. The number of hydrogen-bond donors (Lipinski definition) is 1. The molecule has 5 nitrogen and oxygen atoms in total. The fourth-order valence-corrected chi connectivity index (χ4v) is 3.89. The zero-order valence-electron chi connectivity index (χ0n) is 18.5. The van der Waals surface area contributed by atoms with E-state index < -0.39 is 16.5 Å². The van der Waals surface area contributed by atoms with Gasteiger partial charge in [-0.05, 0) is 12.8 Å². The maximum absolute atomic E-state index is 10.7. The lowest BCUT2D eigenvalue weighted by Gasteiger charge is -2.13. The molecule has 0 aliphatic carbocycles. The van der Waals surface area contributed by atoms with Crippen LogP contribution in [0.1, 0.15) is 123 Å². The molecule has 0 aliphatic heterocycles. The summed E-state index contributed by atoms with van der Waals surface area (Å²) >= 11 is 0. The third-order valence-corrected chi connectivity index (χ3v) is 5.67. The quantitative estimate of drug-likeness (QED) is 0.152. The monoisotopic (exact) mass is 422 g/mol. The van der Waals surface area contributed by atoms with Crippen LogP contribution in [0.15, 0.2) is 0 Å². The van der Waals surface area contributed by atoms with E-state index in [1.165, 1.54) is 89.9 Å². The van der Waals surface area contributed by atoms with E-state index in [2.05, 4.69) is 11.1 Å². The molecule has 0 aliphatic rings. The number of unbranched alkanes of at least 4 members (excludes halogenated alkanes) is 15. The largest absolute Gasteiger partial charge is 0.397 e. The number of ether oxygens (including phenoxy) is 1. The van der Waals surface area contributed by atoms with E-state index in [-0.39, 0.29) is 6.61 Å². The van der Waals surface area contributed by atoms with Gasteiger partial charge >= 0.3 is 10.4 Å². The van der Waals surface area contributed by atoms with Crippen LogP contribution in [0.3, 0.4) is 0 Å². The fraction of sp³-hybridized carbons (Fsp3) is 1.00. The molecule has 0 bridgehead atoms. The minimum Gasteiger partial charge on any atom is -0.379 e. The molecule has 0 heterocycles. The smallest absolute Gasteiger partial charge is 0.379 e. The Morgan fingerprint density at radius 1 is 0.679 bits per heavy atom. The zero-order valence-corrected chi connectivity index (χ0v) is 19.3. The van der Waals surface area contributed by atoms with Crippen molar-refractivity contribution < 1.29 is 21.9 Å². The van der Waals surface area contributed by atoms with Crippen molar-refractivity contribution in [2.75, 3.05) is 13.2 Å². The summed E-state index contributed by atoms with van der Waals surface area (Å²) in [7, 11) is -4.39. The van der Waals surface area contributed by atoms with Gasteiger partial charge in [0.05, 0.1) is 6.61 Å². The van der Waals surface area contributed by atoms with Gasteiger partial charge in [-0.2, -0.15) is 8.42 Å². The van der Waals surface area contributed by atoms with Gasteiger partial charge in [0.1, 0.15) is 6.10 Å². The molecule has 0 aromatic carbocycles. The summed E-state index contributed by atoms with van der Waals surface area (Å²) in [5.74, 6) is 0. The van der Waals surface area contributed by atoms with Crippen LogP contribution in [0.4, 0.5) is 0 Å². The average Bonchev–Trinajstić information content (AvgIpc) is 2.65. The lowest BCUT2D eigenvalue weighted by Crippen LogP contribution is -2.22. The molecule has 0 saturated heterocycles. The topological polar surface area (TPSA) is 72.8 Å². The third-order valence-electron chi connectivity index (χ3n) is 5.16. The van der Waals surface area contributed by atoms with E-state index >= 15 is 0 Å². The van der Waals surface area contributed by atoms with Crippen molar-refractivity contribution in [1.29, 1.82) is 0 Å². The van der Waals surface area contributed by atoms with Crippen LogP contribution in [0.2, 0.25) is 0 Å². The molecule has 170 valence electrons. The molecular formula is C22H46O5S. The molecule has 0 rings (SSSR count). The first kappa shape index (κ1) is 27.8. The van der Waals surface area contributed by atoms with Gasteiger partial charge in [0.2, 0.25) is 0 Å². The maximum Gasteiger partial charge on any atom is 0.397 e. The summed E-state index contributed by atoms with van der Waals surface area (Å²) in [4.78, 5) is 0. The van der Waals surface area contributed by atoms with Crippen LogP contribution in [0, 0.1) is 0 Å². The van der Waals surface area contributed by atoms with Crippen molar-refractivity contribution in [2.45, 2.75) is 129 Å². The van der Waals surface area contributed by atoms with Crippen LogP contribution in [0.5, 0.6) is 0 Å². The average molecular weight is 423 g/mol. The van der Waals surface area contributed by atoms with Crippen LogP contribution in [-0.2, 0) is 19.3 Å². The number of rotatable bonds is 22. The summed E-state index contributed by atoms with van der Waals surface area (Å²) in [5.41, 5.74) is 0. The van der Waals surface area contributed by atoms with Gasteiger partial charge in [-0.1, -0.05) is 110 Å². The Morgan fingerprint density at radius 2 is 1.07 bits per heavy atom. The van der Waals surface area contributed by atoms with E-state index in [1.807, 2.05) is 0 Å². The standard InChI is InChI=1S/C22H46O5S/c1-3-5-6-7-8-9-10-11-12-13-14-15-16-17-18-19-20-26-21-22(4-2)27-28(23,24)25/h22H,3-21H2,1-2H3,(H,23,24,25). The highest BCUT2D eigenvalue weighted by Crippen LogP contribution is 2.13. The Bertz CT molecular complexity index is 411. The van der Waals surface area contributed by atoms with Crippen LogP contribution in [-0.4, -0.2) is 32.3 Å². The van der Waals surface area contributed by atoms with Crippen LogP contribution < -0.4 is 0 Å². The lowest BCUT2D eigenvalue weighted by molar-refractivity contribution is 0.0437. The van der Waals surface area contributed by atoms with Gasteiger partial charge in [0.25, 0.3) is 0 Å². The van der Waals surface area contributed by atoms with Crippen LogP contribution >= 0.6 is 0 Å². The highest BCUT2D eigenvalue weighted by atomic mass is 32.3. The Hall–Kier alpha value is -0.170. The molecule has 0 aromatic heterocycles. The lowest BCUT2D eigenvalue weighted by atomic mass is 10.0. The molecule has 1 atom stereocenters. The van der Waals surface area contributed by atoms with Crippen molar-refractivity contribution in [3.05, 3.63) is 0 Å². The minimum absolute atomic E-state index is 0.203. The Kier molecular flexibility index (Phi) is 20.0. The molecule has 0 aromatic rings.